The quantitative estimate of drug-likeness (QED) is 0.470. The van der Waals surface area contributed by atoms with Gasteiger partial charge in [-0.2, -0.15) is 10.2 Å². The van der Waals surface area contributed by atoms with Crippen LogP contribution in [0.1, 0.15) is 45.6 Å². The van der Waals surface area contributed by atoms with Crippen molar-refractivity contribution < 1.29 is 23.7 Å². The molecule has 1 aromatic carbocycles. The first-order valence-corrected chi connectivity index (χ1v) is 12.3. The highest BCUT2D eigenvalue weighted by Crippen LogP contribution is 2.41. The number of fused-ring (bicyclic) bond motifs is 2. The summed E-state index contributed by atoms with van der Waals surface area (Å²) in [4.78, 5) is 21.1. The van der Waals surface area contributed by atoms with Crippen LogP contribution in [0.15, 0.2) is 24.5 Å². The number of hydrogen-bond acceptors (Lipinski definition) is 8. The molecule has 10 heteroatoms. The fourth-order valence-corrected chi connectivity index (χ4v) is 4.86. The summed E-state index contributed by atoms with van der Waals surface area (Å²) < 4.78 is 23.6. The summed E-state index contributed by atoms with van der Waals surface area (Å²) in [5.74, 6) is 0.261. The summed E-state index contributed by atoms with van der Waals surface area (Å²) in [6.07, 6.45) is 3.15. The first-order valence-electron chi connectivity index (χ1n) is 11.5. The Kier molecular flexibility index (Phi) is 7.70. The van der Waals surface area contributed by atoms with Crippen LogP contribution < -0.4 is 9.47 Å². The topological polar surface area (TPSA) is 104 Å². The van der Waals surface area contributed by atoms with Crippen molar-refractivity contribution in [3.63, 3.8) is 0 Å². The minimum Gasteiger partial charge on any atom is -0.472 e. The molecule has 1 saturated heterocycles. The van der Waals surface area contributed by atoms with Gasteiger partial charge in [-0.1, -0.05) is 23.2 Å². The third-order valence-corrected chi connectivity index (χ3v) is 6.67. The summed E-state index contributed by atoms with van der Waals surface area (Å²) >= 11 is 12.8. The number of nitriles is 1. The average molecular weight is 520 g/mol. The molecule has 2 heterocycles. The lowest BCUT2D eigenvalue weighted by Gasteiger charge is -2.36. The molecular weight excluding hydrogens is 493 g/mol. The van der Waals surface area contributed by atoms with E-state index in [0.717, 1.165) is 6.42 Å². The van der Waals surface area contributed by atoms with Crippen molar-refractivity contribution in [2.24, 2.45) is 17.8 Å². The van der Waals surface area contributed by atoms with Crippen molar-refractivity contribution in [1.82, 2.24) is 9.97 Å². The molecule has 4 atom stereocenters. The second kappa shape index (κ2) is 10.6. The molecule has 2 bridgehead atoms. The molecule has 2 fully saturated rings. The molecule has 2 aliphatic rings. The summed E-state index contributed by atoms with van der Waals surface area (Å²) in [7, 11) is 0. The Morgan fingerprint density at radius 1 is 1.14 bits per heavy atom. The monoisotopic (exact) mass is 519 g/mol. The number of halogens is 2. The lowest BCUT2D eigenvalue weighted by atomic mass is 9.87. The summed E-state index contributed by atoms with van der Waals surface area (Å²) in [6, 6.07) is 6.67. The molecule has 4 rings (SSSR count). The molecule has 2 aromatic rings. The molecule has 1 aliphatic heterocycles. The molecule has 35 heavy (non-hydrogen) atoms. The highest BCUT2D eigenvalue weighted by molar-refractivity contribution is 6.33. The van der Waals surface area contributed by atoms with Gasteiger partial charge in [-0.25, -0.2) is 4.98 Å². The second-order valence-corrected chi connectivity index (χ2v) is 10.6. The largest absolute Gasteiger partial charge is 0.472 e. The number of aromatic nitrogens is 2. The molecule has 0 radical (unpaired) electrons. The van der Waals surface area contributed by atoms with Crippen LogP contribution in [-0.4, -0.2) is 40.9 Å². The van der Waals surface area contributed by atoms with Crippen LogP contribution in [0, 0.1) is 29.1 Å². The summed E-state index contributed by atoms with van der Waals surface area (Å²) in [5.41, 5.74) is -0.125. The van der Waals surface area contributed by atoms with E-state index < -0.39 is 5.60 Å². The average Bonchev–Trinajstić information content (AvgIpc) is 2.88. The molecule has 1 aromatic heterocycles. The fourth-order valence-electron chi connectivity index (χ4n) is 4.46. The van der Waals surface area contributed by atoms with Gasteiger partial charge in [0.15, 0.2) is 5.02 Å². The molecule has 1 aliphatic carbocycles. The molecule has 0 amide bonds. The molecule has 0 spiro atoms. The Morgan fingerprint density at radius 2 is 1.89 bits per heavy atom. The first kappa shape index (κ1) is 25.5. The van der Waals surface area contributed by atoms with Gasteiger partial charge in [0.2, 0.25) is 11.8 Å². The van der Waals surface area contributed by atoms with E-state index >= 15 is 0 Å². The van der Waals surface area contributed by atoms with E-state index in [9.17, 15) is 4.79 Å². The smallest absolute Gasteiger partial charge is 0.309 e. The van der Waals surface area contributed by atoms with Crippen molar-refractivity contribution in [3.8, 4) is 23.6 Å². The zero-order valence-corrected chi connectivity index (χ0v) is 21.3. The lowest BCUT2D eigenvalue weighted by molar-refractivity contribution is -0.161. The maximum atomic E-state index is 12.8. The van der Waals surface area contributed by atoms with Crippen LogP contribution in [0.5, 0.6) is 17.5 Å². The van der Waals surface area contributed by atoms with E-state index in [1.807, 2.05) is 26.8 Å². The molecule has 4 unspecified atom stereocenters. The normalized spacial score (nSPS) is 24.1. The number of esters is 1. The lowest BCUT2D eigenvalue weighted by Crippen LogP contribution is -2.43. The van der Waals surface area contributed by atoms with Gasteiger partial charge in [0.1, 0.15) is 23.8 Å². The highest BCUT2D eigenvalue weighted by Gasteiger charge is 2.43. The number of rotatable bonds is 5. The zero-order chi connectivity index (χ0) is 25.2. The molecule has 8 nitrogen and oxygen atoms in total. The molecule has 186 valence electrons. The van der Waals surface area contributed by atoms with Crippen molar-refractivity contribution in [2.75, 3.05) is 13.2 Å². The number of ether oxygens (including phenoxy) is 4. The van der Waals surface area contributed by atoms with Crippen molar-refractivity contribution in [2.45, 2.75) is 51.7 Å². The summed E-state index contributed by atoms with van der Waals surface area (Å²) in [5, 5.41) is 9.39. The zero-order valence-electron chi connectivity index (χ0n) is 19.8. The predicted octanol–water partition coefficient (Wildman–Crippen LogP) is 5.60. The van der Waals surface area contributed by atoms with E-state index in [1.54, 1.807) is 12.1 Å². The highest BCUT2D eigenvalue weighted by atomic mass is 35.5. The molecule has 0 N–H and O–H groups in total. The number of carbonyl (C=O) groups excluding carboxylic acids is 1. The fraction of sp³-hybridized carbons (Fsp3) is 0.520. The number of benzene rings is 1. The number of hydrogen-bond donors (Lipinski definition) is 0. The minimum atomic E-state index is -0.534. The van der Waals surface area contributed by atoms with Gasteiger partial charge in [0.25, 0.3) is 0 Å². The van der Waals surface area contributed by atoms with Gasteiger partial charge < -0.3 is 18.9 Å². The van der Waals surface area contributed by atoms with Crippen LogP contribution in [0.2, 0.25) is 10.0 Å². The maximum Gasteiger partial charge on any atom is 0.309 e. The minimum absolute atomic E-state index is 0.0165. The summed E-state index contributed by atoms with van der Waals surface area (Å²) in [6.45, 7) is 6.63. The van der Waals surface area contributed by atoms with Gasteiger partial charge in [-0.15, -0.1) is 0 Å². The number of carbonyl (C=O) groups is 1. The van der Waals surface area contributed by atoms with Crippen LogP contribution in [-0.2, 0) is 14.3 Å². The van der Waals surface area contributed by atoms with E-state index in [4.69, 9.17) is 47.4 Å². The molecular formula is C25H27Cl2N3O5. The molecule has 1 saturated carbocycles. The van der Waals surface area contributed by atoms with E-state index in [-0.39, 0.29) is 51.6 Å². The van der Waals surface area contributed by atoms with E-state index in [1.165, 1.54) is 12.4 Å². The number of nitrogens with zero attached hydrogens (tertiary/aromatic N) is 3. The Bertz CT molecular complexity index is 1130. The van der Waals surface area contributed by atoms with Crippen LogP contribution >= 0.6 is 23.2 Å². The van der Waals surface area contributed by atoms with Gasteiger partial charge in [0, 0.05) is 11.8 Å². The maximum absolute atomic E-state index is 12.8. The van der Waals surface area contributed by atoms with Gasteiger partial charge in [-0.05, 0) is 58.2 Å². The van der Waals surface area contributed by atoms with Crippen molar-refractivity contribution in [3.05, 3.63) is 40.1 Å². The van der Waals surface area contributed by atoms with E-state index in [0.29, 0.717) is 37.4 Å². The van der Waals surface area contributed by atoms with Gasteiger partial charge in [-0.3, -0.25) is 4.79 Å². The first-order chi connectivity index (χ1) is 16.6. The predicted molar refractivity (Wildman–Crippen MR) is 129 cm³/mol. The second-order valence-electron chi connectivity index (χ2n) is 9.84. The third-order valence-electron chi connectivity index (χ3n) is 6.05. The Hall–Kier alpha value is -2.60. The van der Waals surface area contributed by atoms with Gasteiger partial charge >= 0.3 is 5.97 Å². The SMILES string of the molecule is CC(C)(C)OC(=O)C1CCC2COCC(C1)C2Oc1ncnc(Oc2ccc(C#N)cc2Cl)c1Cl. The Labute approximate surface area is 214 Å². The van der Waals surface area contributed by atoms with Gasteiger partial charge in [0.05, 0.1) is 35.8 Å². The van der Waals surface area contributed by atoms with Crippen molar-refractivity contribution in [1.29, 1.82) is 5.26 Å². The van der Waals surface area contributed by atoms with Crippen LogP contribution in [0.4, 0.5) is 0 Å². The van der Waals surface area contributed by atoms with Crippen LogP contribution in [0.25, 0.3) is 0 Å². The van der Waals surface area contributed by atoms with E-state index in [2.05, 4.69) is 9.97 Å². The Balaban J connectivity index is 1.52. The Morgan fingerprint density at radius 3 is 2.60 bits per heavy atom. The third kappa shape index (κ3) is 6.16. The standard InChI is InChI=1S/C25H27Cl2N3O5/c1-25(2,3)35-24(31)15-5-6-16-11-32-12-17(9-15)21(16)34-23-20(27)22(29-13-30-23)33-19-7-4-14(10-28)8-18(19)26/h4,7-8,13,15-17,21H,5-6,9,11-12H2,1-3H3. The van der Waals surface area contributed by atoms with Crippen LogP contribution in [0.3, 0.4) is 0 Å². The van der Waals surface area contributed by atoms with Crippen molar-refractivity contribution >= 4 is 29.2 Å².